The Bertz CT molecular complexity index is 569. The molecule has 2 aromatic rings. The van der Waals surface area contributed by atoms with Crippen molar-refractivity contribution in [3.05, 3.63) is 45.5 Å². The molecule has 0 saturated carbocycles. The maximum Gasteiger partial charge on any atom is 0.240 e. The highest BCUT2D eigenvalue weighted by Crippen LogP contribution is 2.23. The Balaban J connectivity index is 1.93. The fourth-order valence-corrected chi connectivity index (χ4v) is 2.05. The minimum absolute atomic E-state index is 0.534. The lowest BCUT2D eigenvalue weighted by Crippen LogP contribution is -2.19. The summed E-state index contributed by atoms with van der Waals surface area (Å²) in [5.74, 6) is 1.83. The molecular formula is C14H17Cl2N3O. The summed E-state index contributed by atoms with van der Waals surface area (Å²) < 4.78 is 5.19. The van der Waals surface area contributed by atoms with E-state index in [-0.39, 0.29) is 0 Å². The monoisotopic (exact) mass is 313 g/mol. The van der Waals surface area contributed by atoms with Crippen LogP contribution in [-0.4, -0.2) is 16.7 Å². The molecule has 0 amide bonds. The van der Waals surface area contributed by atoms with Gasteiger partial charge < -0.3 is 9.84 Å². The van der Waals surface area contributed by atoms with Crippen LogP contribution in [0.1, 0.15) is 31.1 Å². The van der Waals surface area contributed by atoms with E-state index in [0.717, 1.165) is 12.1 Å². The first kappa shape index (κ1) is 15.3. The fourth-order valence-electron chi connectivity index (χ4n) is 1.73. The van der Waals surface area contributed by atoms with E-state index in [0.29, 0.717) is 40.6 Å². The first-order valence-corrected chi connectivity index (χ1v) is 7.26. The molecule has 0 bridgehead atoms. The molecule has 0 atom stereocenters. The molecule has 0 aliphatic heterocycles. The Morgan fingerprint density at radius 1 is 1.25 bits per heavy atom. The van der Waals surface area contributed by atoms with Crippen molar-refractivity contribution in [3.8, 4) is 0 Å². The lowest BCUT2D eigenvalue weighted by atomic mass is 10.1. The van der Waals surface area contributed by atoms with Crippen LogP contribution in [0.25, 0.3) is 0 Å². The quantitative estimate of drug-likeness (QED) is 0.883. The van der Waals surface area contributed by atoms with Gasteiger partial charge in [0, 0.05) is 6.42 Å². The molecule has 0 unspecified atom stereocenters. The van der Waals surface area contributed by atoms with Crippen LogP contribution in [0.4, 0.5) is 0 Å². The van der Waals surface area contributed by atoms with Gasteiger partial charge in [0.15, 0.2) is 5.82 Å². The van der Waals surface area contributed by atoms with Crippen LogP contribution in [-0.2, 0) is 13.0 Å². The third-order valence-electron chi connectivity index (χ3n) is 2.69. The van der Waals surface area contributed by atoms with Gasteiger partial charge in [0.2, 0.25) is 5.89 Å². The predicted octanol–water partition coefficient (Wildman–Crippen LogP) is 3.71. The van der Waals surface area contributed by atoms with E-state index in [1.807, 2.05) is 12.1 Å². The van der Waals surface area contributed by atoms with E-state index < -0.39 is 0 Å². The van der Waals surface area contributed by atoms with E-state index in [4.69, 9.17) is 27.7 Å². The summed E-state index contributed by atoms with van der Waals surface area (Å²) in [7, 11) is 0. The zero-order valence-electron chi connectivity index (χ0n) is 11.5. The minimum Gasteiger partial charge on any atom is -0.338 e. The van der Waals surface area contributed by atoms with Crippen LogP contribution in [0.3, 0.4) is 0 Å². The number of nitrogens with one attached hydrogen (secondary N) is 1. The zero-order valence-corrected chi connectivity index (χ0v) is 13.0. The molecule has 4 nitrogen and oxygen atoms in total. The van der Waals surface area contributed by atoms with Crippen molar-refractivity contribution in [1.82, 2.24) is 15.5 Å². The van der Waals surface area contributed by atoms with Crippen LogP contribution < -0.4 is 5.32 Å². The average molecular weight is 314 g/mol. The second-order valence-corrected chi connectivity index (χ2v) is 5.87. The maximum absolute atomic E-state index is 5.98. The topological polar surface area (TPSA) is 51.0 Å². The van der Waals surface area contributed by atoms with E-state index in [2.05, 4.69) is 29.3 Å². The molecule has 0 fully saturated rings. The Morgan fingerprint density at radius 2 is 2.05 bits per heavy atom. The molecule has 1 heterocycles. The van der Waals surface area contributed by atoms with Crippen LogP contribution >= 0.6 is 23.2 Å². The molecule has 1 N–H and O–H groups in total. The zero-order chi connectivity index (χ0) is 14.5. The molecule has 0 saturated heterocycles. The van der Waals surface area contributed by atoms with Crippen molar-refractivity contribution < 1.29 is 4.52 Å². The van der Waals surface area contributed by atoms with Gasteiger partial charge in [0.25, 0.3) is 0 Å². The summed E-state index contributed by atoms with van der Waals surface area (Å²) in [4.78, 5) is 4.34. The second-order valence-electron chi connectivity index (χ2n) is 5.05. The Hall–Kier alpha value is -1.10. The van der Waals surface area contributed by atoms with Gasteiger partial charge >= 0.3 is 0 Å². The highest BCUT2D eigenvalue weighted by Gasteiger charge is 2.08. The molecule has 1 aromatic carbocycles. The van der Waals surface area contributed by atoms with Gasteiger partial charge in [-0.2, -0.15) is 4.98 Å². The Labute approximate surface area is 128 Å². The standard InChI is InChI=1S/C14H17Cl2N3O/c1-9(2)7-17-8-14-18-13(19-20-14)6-10-3-4-11(15)12(16)5-10/h3-5,9,17H,6-8H2,1-2H3. The molecule has 0 spiro atoms. The van der Waals surface area contributed by atoms with Crippen LogP contribution in [0, 0.1) is 5.92 Å². The smallest absolute Gasteiger partial charge is 0.240 e. The lowest BCUT2D eigenvalue weighted by molar-refractivity contribution is 0.360. The number of nitrogens with zero attached hydrogens (tertiary/aromatic N) is 2. The van der Waals surface area contributed by atoms with Crippen LogP contribution in [0.15, 0.2) is 22.7 Å². The van der Waals surface area contributed by atoms with E-state index in [9.17, 15) is 0 Å². The second kappa shape index (κ2) is 7.07. The third-order valence-corrected chi connectivity index (χ3v) is 3.42. The molecular weight excluding hydrogens is 297 g/mol. The lowest BCUT2D eigenvalue weighted by Gasteiger charge is -2.03. The van der Waals surface area contributed by atoms with Crippen molar-refractivity contribution in [2.45, 2.75) is 26.8 Å². The normalized spacial score (nSPS) is 11.2. The molecule has 2 rings (SSSR count). The minimum atomic E-state index is 0.534. The molecule has 0 aliphatic rings. The van der Waals surface area contributed by atoms with Gasteiger partial charge in [0.05, 0.1) is 16.6 Å². The maximum atomic E-state index is 5.98. The molecule has 0 aliphatic carbocycles. The van der Waals surface area contributed by atoms with Crippen LogP contribution in [0.5, 0.6) is 0 Å². The number of hydrogen-bond donors (Lipinski definition) is 1. The highest BCUT2D eigenvalue weighted by molar-refractivity contribution is 6.42. The molecule has 1 aromatic heterocycles. The average Bonchev–Trinajstić information content (AvgIpc) is 2.81. The molecule has 6 heteroatoms. The van der Waals surface area contributed by atoms with Gasteiger partial charge in [-0.25, -0.2) is 0 Å². The summed E-state index contributed by atoms with van der Waals surface area (Å²) in [6.07, 6.45) is 0.574. The van der Waals surface area contributed by atoms with Gasteiger partial charge in [-0.1, -0.05) is 48.3 Å². The van der Waals surface area contributed by atoms with Crippen molar-refractivity contribution in [2.24, 2.45) is 5.92 Å². The molecule has 20 heavy (non-hydrogen) atoms. The van der Waals surface area contributed by atoms with Gasteiger partial charge in [0.1, 0.15) is 0 Å². The molecule has 108 valence electrons. The van der Waals surface area contributed by atoms with E-state index >= 15 is 0 Å². The summed E-state index contributed by atoms with van der Waals surface area (Å²) in [5, 5.41) is 8.30. The van der Waals surface area contributed by atoms with Crippen molar-refractivity contribution in [2.75, 3.05) is 6.54 Å². The first-order chi connectivity index (χ1) is 9.54. The van der Waals surface area contributed by atoms with Crippen LogP contribution in [0.2, 0.25) is 10.0 Å². The molecule has 0 radical (unpaired) electrons. The number of hydrogen-bond acceptors (Lipinski definition) is 4. The van der Waals surface area contributed by atoms with Gasteiger partial charge in [-0.15, -0.1) is 0 Å². The number of benzene rings is 1. The SMILES string of the molecule is CC(C)CNCc1nc(Cc2ccc(Cl)c(Cl)c2)no1. The summed E-state index contributed by atoms with van der Waals surface area (Å²) in [6.45, 7) is 5.81. The Morgan fingerprint density at radius 3 is 2.75 bits per heavy atom. The van der Waals surface area contributed by atoms with E-state index in [1.54, 1.807) is 6.07 Å². The van der Waals surface area contributed by atoms with Crippen molar-refractivity contribution in [1.29, 1.82) is 0 Å². The number of rotatable bonds is 6. The number of aromatic nitrogens is 2. The fraction of sp³-hybridized carbons (Fsp3) is 0.429. The predicted molar refractivity (Wildman–Crippen MR) is 80.1 cm³/mol. The summed E-state index contributed by atoms with van der Waals surface area (Å²) in [5.41, 5.74) is 1.00. The largest absolute Gasteiger partial charge is 0.338 e. The summed E-state index contributed by atoms with van der Waals surface area (Å²) >= 11 is 11.9. The third kappa shape index (κ3) is 4.47. The van der Waals surface area contributed by atoms with E-state index in [1.165, 1.54) is 0 Å². The van der Waals surface area contributed by atoms with Gasteiger partial charge in [-0.3, -0.25) is 0 Å². The highest BCUT2D eigenvalue weighted by atomic mass is 35.5. The van der Waals surface area contributed by atoms with Gasteiger partial charge in [-0.05, 0) is 30.2 Å². The van der Waals surface area contributed by atoms with Crippen molar-refractivity contribution >= 4 is 23.2 Å². The number of halogens is 2. The van der Waals surface area contributed by atoms with Crippen molar-refractivity contribution in [3.63, 3.8) is 0 Å². The summed E-state index contributed by atoms with van der Waals surface area (Å²) in [6, 6.07) is 5.49. The first-order valence-electron chi connectivity index (χ1n) is 6.50. The Kier molecular flexibility index (Phi) is 5.40.